The van der Waals surface area contributed by atoms with Gasteiger partial charge in [0.05, 0.1) is 25.2 Å². The van der Waals surface area contributed by atoms with Crippen molar-refractivity contribution in [2.75, 3.05) is 32.8 Å². The van der Waals surface area contributed by atoms with Gasteiger partial charge in [-0.1, -0.05) is 0 Å². The van der Waals surface area contributed by atoms with E-state index in [2.05, 4.69) is 5.32 Å². The zero-order valence-electron chi connectivity index (χ0n) is 9.52. The fraction of sp³-hybridized carbons (Fsp3) is 0.909. The standard InChI is InChI=1S/C11H20N2O3/c14-9-7-13(8-9)11(15)3-6-16-10-1-4-12-5-2-10/h9-10,12,14H,1-8H2. The van der Waals surface area contributed by atoms with Crippen LogP contribution in [0.5, 0.6) is 0 Å². The third-order valence-corrected chi connectivity index (χ3v) is 3.17. The summed E-state index contributed by atoms with van der Waals surface area (Å²) in [5.41, 5.74) is 0. The number of ether oxygens (including phenoxy) is 1. The van der Waals surface area contributed by atoms with E-state index in [-0.39, 0.29) is 12.0 Å². The van der Waals surface area contributed by atoms with Gasteiger partial charge in [0.15, 0.2) is 0 Å². The molecule has 0 radical (unpaired) electrons. The highest BCUT2D eigenvalue weighted by atomic mass is 16.5. The third-order valence-electron chi connectivity index (χ3n) is 3.17. The van der Waals surface area contributed by atoms with Crippen molar-refractivity contribution in [3.8, 4) is 0 Å². The Morgan fingerprint density at radius 2 is 2.06 bits per heavy atom. The van der Waals surface area contributed by atoms with E-state index in [0.717, 1.165) is 25.9 Å². The lowest BCUT2D eigenvalue weighted by Crippen LogP contribution is -2.53. The Hall–Kier alpha value is -0.650. The number of amides is 1. The number of likely N-dealkylation sites (tertiary alicyclic amines) is 1. The Labute approximate surface area is 95.8 Å². The Morgan fingerprint density at radius 1 is 1.38 bits per heavy atom. The number of nitrogens with zero attached hydrogens (tertiary/aromatic N) is 1. The Morgan fingerprint density at radius 3 is 2.69 bits per heavy atom. The second-order valence-corrected chi connectivity index (χ2v) is 4.52. The molecule has 1 amide bonds. The molecule has 0 saturated carbocycles. The van der Waals surface area contributed by atoms with Gasteiger partial charge in [0, 0.05) is 13.1 Å². The largest absolute Gasteiger partial charge is 0.389 e. The van der Waals surface area contributed by atoms with Crippen LogP contribution >= 0.6 is 0 Å². The number of nitrogens with one attached hydrogen (secondary N) is 1. The lowest BCUT2D eigenvalue weighted by atomic mass is 10.1. The number of hydrogen-bond acceptors (Lipinski definition) is 4. The summed E-state index contributed by atoms with van der Waals surface area (Å²) in [5, 5.41) is 12.3. The average Bonchev–Trinajstić information content (AvgIpc) is 2.26. The van der Waals surface area contributed by atoms with Crippen LogP contribution < -0.4 is 5.32 Å². The van der Waals surface area contributed by atoms with Gasteiger partial charge < -0.3 is 20.1 Å². The molecule has 5 heteroatoms. The summed E-state index contributed by atoms with van der Waals surface area (Å²) in [6, 6.07) is 0. The predicted molar refractivity (Wildman–Crippen MR) is 59.0 cm³/mol. The SMILES string of the molecule is O=C(CCOC1CCNCC1)N1CC(O)C1. The first-order valence-corrected chi connectivity index (χ1v) is 6.04. The number of piperidine rings is 1. The molecular weight excluding hydrogens is 208 g/mol. The van der Waals surface area contributed by atoms with Gasteiger partial charge >= 0.3 is 0 Å². The van der Waals surface area contributed by atoms with Crippen molar-refractivity contribution in [2.45, 2.75) is 31.5 Å². The molecule has 2 heterocycles. The van der Waals surface area contributed by atoms with Gasteiger partial charge in [0.25, 0.3) is 0 Å². The van der Waals surface area contributed by atoms with Gasteiger partial charge in [-0.3, -0.25) is 4.79 Å². The fourth-order valence-electron chi connectivity index (χ4n) is 2.09. The van der Waals surface area contributed by atoms with Gasteiger partial charge in [0.1, 0.15) is 0 Å². The molecule has 2 rings (SSSR count). The number of aliphatic hydroxyl groups excluding tert-OH is 1. The highest BCUT2D eigenvalue weighted by Crippen LogP contribution is 2.11. The summed E-state index contributed by atoms with van der Waals surface area (Å²) >= 11 is 0. The summed E-state index contributed by atoms with van der Waals surface area (Å²) < 4.78 is 5.65. The quantitative estimate of drug-likeness (QED) is 0.671. The van der Waals surface area contributed by atoms with Crippen molar-refractivity contribution in [3.05, 3.63) is 0 Å². The molecule has 16 heavy (non-hydrogen) atoms. The van der Waals surface area contributed by atoms with Crippen LogP contribution in [0.25, 0.3) is 0 Å². The Balaban J connectivity index is 1.55. The maximum absolute atomic E-state index is 11.5. The van der Waals surface area contributed by atoms with E-state index in [1.807, 2.05) is 0 Å². The summed E-state index contributed by atoms with van der Waals surface area (Å²) in [6.07, 6.45) is 2.52. The van der Waals surface area contributed by atoms with Gasteiger partial charge in [-0.25, -0.2) is 0 Å². The number of hydrogen-bond donors (Lipinski definition) is 2. The topological polar surface area (TPSA) is 61.8 Å². The monoisotopic (exact) mass is 228 g/mol. The maximum Gasteiger partial charge on any atom is 0.225 e. The number of carbonyl (C=O) groups excluding carboxylic acids is 1. The van der Waals surface area contributed by atoms with Crippen LogP contribution in [-0.4, -0.2) is 60.9 Å². The molecule has 92 valence electrons. The highest BCUT2D eigenvalue weighted by Gasteiger charge is 2.28. The molecule has 0 aromatic heterocycles. The summed E-state index contributed by atoms with van der Waals surface area (Å²) in [5.74, 6) is 0.0965. The van der Waals surface area contributed by atoms with Crippen molar-refractivity contribution < 1.29 is 14.6 Å². The molecule has 0 aliphatic carbocycles. The first kappa shape index (κ1) is 11.8. The lowest BCUT2D eigenvalue weighted by molar-refractivity contribution is -0.142. The molecule has 0 aromatic carbocycles. The zero-order valence-corrected chi connectivity index (χ0v) is 9.52. The molecule has 0 spiro atoms. The van der Waals surface area contributed by atoms with Crippen molar-refractivity contribution in [1.29, 1.82) is 0 Å². The second kappa shape index (κ2) is 5.61. The second-order valence-electron chi connectivity index (χ2n) is 4.52. The first-order valence-electron chi connectivity index (χ1n) is 6.04. The fourth-order valence-corrected chi connectivity index (χ4v) is 2.09. The van der Waals surface area contributed by atoms with E-state index in [4.69, 9.17) is 9.84 Å². The minimum atomic E-state index is -0.311. The molecule has 2 aliphatic rings. The molecule has 0 atom stereocenters. The van der Waals surface area contributed by atoms with Gasteiger partial charge in [-0.15, -0.1) is 0 Å². The molecule has 0 aromatic rings. The van der Waals surface area contributed by atoms with Crippen molar-refractivity contribution in [1.82, 2.24) is 10.2 Å². The van der Waals surface area contributed by atoms with Crippen molar-refractivity contribution >= 4 is 5.91 Å². The number of rotatable bonds is 4. The molecule has 2 N–H and O–H groups in total. The summed E-state index contributed by atoms with van der Waals surface area (Å²) in [4.78, 5) is 13.2. The lowest BCUT2D eigenvalue weighted by Gasteiger charge is -2.36. The Bertz CT molecular complexity index is 235. The molecule has 0 unspecified atom stereocenters. The number of carbonyl (C=O) groups is 1. The number of β-amino-alcohol motifs (C(OH)–C–C–N with tert-alkyl or cyclic N) is 1. The van der Waals surface area contributed by atoms with Crippen LogP contribution in [0.4, 0.5) is 0 Å². The molecule has 0 bridgehead atoms. The summed E-state index contributed by atoms with van der Waals surface area (Å²) in [7, 11) is 0. The first-order chi connectivity index (χ1) is 7.75. The van der Waals surface area contributed by atoms with E-state index in [1.54, 1.807) is 4.90 Å². The smallest absolute Gasteiger partial charge is 0.225 e. The predicted octanol–water partition coefficient (Wildman–Crippen LogP) is -0.652. The third kappa shape index (κ3) is 3.17. The maximum atomic E-state index is 11.5. The van der Waals surface area contributed by atoms with Crippen LogP contribution in [0, 0.1) is 0 Å². The van der Waals surface area contributed by atoms with E-state index in [0.29, 0.717) is 32.2 Å². The van der Waals surface area contributed by atoms with Gasteiger partial charge in [-0.2, -0.15) is 0 Å². The molecule has 5 nitrogen and oxygen atoms in total. The minimum Gasteiger partial charge on any atom is -0.389 e. The van der Waals surface area contributed by atoms with E-state index < -0.39 is 0 Å². The zero-order chi connectivity index (χ0) is 11.4. The Kier molecular flexibility index (Phi) is 4.15. The minimum absolute atomic E-state index is 0.0965. The van der Waals surface area contributed by atoms with Crippen molar-refractivity contribution in [2.24, 2.45) is 0 Å². The average molecular weight is 228 g/mol. The van der Waals surface area contributed by atoms with E-state index >= 15 is 0 Å². The van der Waals surface area contributed by atoms with Crippen molar-refractivity contribution in [3.63, 3.8) is 0 Å². The molecule has 2 fully saturated rings. The number of aliphatic hydroxyl groups is 1. The van der Waals surface area contributed by atoms with Gasteiger partial charge in [-0.05, 0) is 25.9 Å². The van der Waals surface area contributed by atoms with Crippen LogP contribution in [0.15, 0.2) is 0 Å². The van der Waals surface area contributed by atoms with Gasteiger partial charge in [0.2, 0.25) is 5.91 Å². The normalized spacial score (nSPS) is 23.2. The molecular formula is C11H20N2O3. The molecule has 2 aliphatic heterocycles. The van der Waals surface area contributed by atoms with Crippen LogP contribution in [0.1, 0.15) is 19.3 Å². The van der Waals surface area contributed by atoms with Crippen LogP contribution in [-0.2, 0) is 9.53 Å². The van der Waals surface area contributed by atoms with Crippen LogP contribution in [0.3, 0.4) is 0 Å². The highest BCUT2D eigenvalue weighted by molar-refractivity contribution is 5.77. The van der Waals surface area contributed by atoms with E-state index in [9.17, 15) is 4.79 Å². The van der Waals surface area contributed by atoms with Crippen LogP contribution in [0.2, 0.25) is 0 Å². The summed E-state index contributed by atoms with van der Waals surface area (Å²) in [6.45, 7) is 3.52. The molecule has 2 saturated heterocycles. The van der Waals surface area contributed by atoms with E-state index in [1.165, 1.54) is 0 Å².